The smallest absolute Gasteiger partial charge is 0.367 e. The number of carbonyl (C=O) groups is 3. The normalized spacial score (nSPS) is 15.0. The van der Waals surface area contributed by atoms with Gasteiger partial charge in [0.2, 0.25) is 11.8 Å². The predicted octanol–water partition coefficient (Wildman–Crippen LogP) is 6.31. The third-order valence-corrected chi connectivity index (χ3v) is 9.17. The molecule has 0 bridgehead atoms. The Morgan fingerprint density at radius 3 is 2.47 bits per heavy atom. The zero-order valence-corrected chi connectivity index (χ0v) is 26.4. The largest absolute Gasteiger partial charge is 0.481 e. The van der Waals surface area contributed by atoms with Gasteiger partial charge in [-0.1, -0.05) is 23.7 Å². The van der Waals surface area contributed by atoms with E-state index < -0.39 is 56.9 Å². The molecular weight excluding hydrogens is 638 g/mol. The number of likely N-dealkylation sites (tertiary alicyclic amines) is 1. The summed E-state index contributed by atoms with van der Waals surface area (Å²) in [5, 5.41) is 2.86. The van der Waals surface area contributed by atoms with Gasteiger partial charge in [0.15, 0.2) is 12.1 Å². The van der Waals surface area contributed by atoms with Gasteiger partial charge >= 0.3 is 7.60 Å². The average Bonchev–Trinajstić information content (AvgIpc) is 3.60. The Morgan fingerprint density at radius 1 is 1.11 bits per heavy atom. The van der Waals surface area contributed by atoms with Gasteiger partial charge < -0.3 is 28.6 Å². The highest BCUT2D eigenvalue weighted by Crippen LogP contribution is 2.48. The van der Waals surface area contributed by atoms with E-state index in [0.29, 0.717) is 16.5 Å². The summed E-state index contributed by atoms with van der Waals surface area (Å²) in [5.74, 6) is -2.17. The van der Waals surface area contributed by atoms with Crippen LogP contribution in [-0.4, -0.2) is 59.2 Å². The third-order valence-electron chi connectivity index (χ3n) is 7.13. The predicted molar refractivity (Wildman–Crippen MR) is 161 cm³/mol. The third kappa shape index (κ3) is 7.96. The van der Waals surface area contributed by atoms with Crippen molar-refractivity contribution in [2.24, 2.45) is 0 Å². The van der Waals surface area contributed by atoms with Crippen LogP contribution in [0.1, 0.15) is 43.1 Å². The Hall–Kier alpha value is -3.64. The lowest BCUT2D eigenvalue weighted by Gasteiger charge is -2.24. The Kier molecular flexibility index (Phi) is 11.1. The van der Waals surface area contributed by atoms with Crippen LogP contribution < -0.4 is 10.1 Å². The molecule has 2 heterocycles. The number of ketones is 1. The van der Waals surface area contributed by atoms with E-state index >= 15 is 0 Å². The molecule has 0 spiro atoms. The van der Waals surface area contributed by atoms with E-state index in [4.69, 9.17) is 25.4 Å². The number of hydrogen-bond acceptors (Lipinski definition) is 7. The zero-order chi connectivity index (χ0) is 32.9. The molecular formula is C30H32ClF3N3O7P. The number of benzene rings is 2. The van der Waals surface area contributed by atoms with Crippen molar-refractivity contribution in [1.82, 2.24) is 14.8 Å². The van der Waals surface area contributed by atoms with E-state index in [2.05, 4.69) is 5.32 Å². The molecule has 1 saturated heterocycles. The minimum atomic E-state index is -3.54. The highest BCUT2D eigenvalue weighted by atomic mass is 35.5. The summed E-state index contributed by atoms with van der Waals surface area (Å²) in [4.78, 5) is 40.1. The van der Waals surface area contributed by atoms with Gasteiger partial charge in [-0.25, -0.2) is 4.39 Å². The first kappa shape index (κ1) is 34.2. The van der Waals surface area contributed by atoms with Crippen molar-refractivity contribution in [2.45, 2.75) is 46.3 Å². The van der Waals surface area contributed by atoms with E-state index in [1.165, 1.54) is 42.0 Å². The number of hydrogen-bond donors (Lipinski definition) is 1. The summed E-state index contributed by atoms with van der Waals surface area (Å²) < 4.78 is 72.1. The first-order valence-electron chi connectivity index (χ1n) is 14.0. The fourth-order valence-electron chi connectivity index (χ4n) is 5.01. The molecule has 45 heavy (non-hydrogen) atoms. The molecule has 1 atom stereocenters. The van der Waals surface area contributed by atoms with Crippen molar-refractivity contribution in [3.63, 3.8) is 0 Å². The number of ether oxygens (including phenoxy) is 1. The molecule has 0 aliphatic carbocycles. The van der Waals surface area contributed by atoms with Crippen LogP contribution >= 0.6 is 19.2 Å². The Bertz CT molecular complexity index is 1680. The number of amides is 2. The van der Waals surface area contributed by atoms with Crippen LogP contribution in [0.15, 0.2) is 54.2 Å². The van der Waals surface area contributed by atoms with Crippen LogP contribution in [0.4, 0.5) is 13.2 Å². The van der Waals surface area contributed by atoms with Gasteiger partial charge in [-0.05, 0) is 39.0 Å². The standard InChI is InChI=1S/C30H32ClF3N3O7P/c1-4-43-45(41,44-5-2)17-42-21-9-10-22-23(18(3)38)15-36(25(22)12-21)16-27(39)37-14-20(29(33)34)11-26(37)30(40)35-13-19-7-6-8-24(31)28(19)32/h6-10,12,15,26H,4-5,11,13-14,16-17H2,1-3H3,(H,35,40). The molecule has 3 aromatic rings. The van der Waals surface area contributed by atoms with Crippen molar-refractivity contribution in [1.29, 1.82) is 0 Å². The maximum absolute atomic E-state index is 14.3. The number of fused-ring (bicyclic) bond motifs is 1. The second kappa shape index (κ2) is 14.6. The highest BCUT2D eigenvalue weighted by molar-refractivity contribution is 7.53. The lowest BCUT2D eigenvalue weighted by atomic mass is 10.1. The van der Waals surface area contributed by atoms with Crippen molar-refractivity contribution in [3.05, 3.63) is 76.2 Å². The van der Waals surface area contributed by atoms with E-state index in [9.17, 15) is 32.1 Å². The van der Waals surface area contributed by atoms with E-state index in [-0.39, 0.29) is 53.8 Å². The Labute approximate surface area is 262 Å². The highest BCUT2D eigenvalue weighted by Gasteiger charge is 2.38. The number of Topliss-reactive ketones (excluding diaryl/α,β-unsaturated/α-hetero) is 1. The van der Waals surface area contributed by atoms with Crippen molar-refractivity contribution in [2.75, 3.05) is 26.1 Å². The maximum Gasteiger partial charge on any atom is 0.367 e. The van der Waals surface area contributed by atoms with Gasteiger partial charge in [0.05, 0.1) is 23.8 Å². The zero-order valence-electron chi connectivity index (χ0n) is 24.8. The Balaban J connectivity index is 1.58. The fourth-order valence-corrected chi connectivity index (χ4v) is 6.52. The molecule has 2 aromatic carbocycles. The van der Waals surface area contributed by atoms with Crippen LogP contribution in [0.5, 0.6) is 5.75 Å². The van der Waals surface area contributed by atoms with Crippen LogP contribution in [0, 0.1) is 5.82 Å². The van der Waals surface area contributed by atoms with Crippen LogP contribution in [0.2, 0.25) is 5.02 Å². The lowest BCUT2D eigenvalue weighted by molar-refractivity contribution is -0.138. The monoisotopic (exact) mass is 669 g/mol. The van der Waals surface area contributed by atoms with Gasteiger partial charge in [0.1, 0.15) is 24.2 Å². The molecule has 1 aliphatic heterocycles. The molecule has 15 heteroatoms. The molecule has 1 aliphatic rings. The summed E-state index contributed by atoms with van der Waals surface area (Å²) in [7, 11) is -3.54. The molecule has 242 valence electrons. The van der Waals surface area contributed by atoms with Crippen molar-refractivity contribution < 1.29 is 45.9 Å². The summed E-state index contributed by atoms with van der Waals surface area (Å²) in [5.41, 5.74) is 0.417. The second-order valence-electron chi connectivity index (χ2n) is 10.2. The molecule has 4 rings (SSSR count). The molecule has 2 amide bonds. The van der Waals surface area contributed by atoms with Gasteiger partial charge in [-0.2, -0.15) is 8.78 Å². The minimum absolute atomic E-state index is 0.0895. The molecule has 1 aromatic heterocycles. The lowest BCUT2D eigenvalue weighted by Crippen LogP contribution is -2.46. The number of nitrogens with one attached hydrogen (secondary N) is 1. The van der Waals surface area contributed by atoms with E-state index in [1.807, 2.05) is 0 Å². The Morgan fingerprint density at radius 2 is 1.82 bits per heavy atom. The first-order valence-corrected chi connectivity index (χ1v) is 16.2. The quantitative estimate of drug-likeness (QED) is 0.168. The number of rotatable bonds is 13. The molecule has 1 unspecified atom stereocenters. The van der Waals surface area contributed by atoms with Crippen LogP contribution in [0.3, 0.4) is 0 Å². The summed E-state index contributed by atoms with van der Waals surface area (Å²) in [6.45, 7) is 3.81. The SMILES string of the molecule is CCOP(=O)(COc1ccc2c(C(C)=O)cn(CC(=O)N3CC(=C(F)F)CC3C(=O)NCc3cccc(Cl)c3F)c2c1)OCC. The first-order chi connectivity index (χ1) is 21.4. The van der Waals surface area contributed by atoms with Crippen LogP contribution in [-0.2, 0) is 36.3 Å². The molecule has 1 N–H and O–H groups in total. The number of halogens is 4. The topological polar surface area (TPSA) is 116 Å². The number of aromatic nitrogens is 1. The average molecular weight is 670 g/mol. The molecule has 0 saturated carbocycles. The van der Waals surface area contributed by atoms with Gasteiger partial charge in [-0.3, -0.25) is 18.9 Å². The molecule has 10 nitrogen and oxygen atoms in total. The molecule has 1 fully saturated rings. The van der Waals surface area contributed by atoms with Gasteiger partial charge in [0.25, 0.3) is 6.08 Å². The van der Waals surface area contributed by atoms with E-state index in [1.54, 1.807) is 26.0 Å². The van der Waals surface area contributed by atoms with Crippen LogP contribution in [0.25, 0.3) is 10.9 Å². The second-order valence-corrected chi connectivity index (χ2v) is 12.6. The van der Waals surface area contributed by atoms with Crippen molar-refractivity contribution >= 4 is 47.7 Å². The number of nitrogens with zero attached hydrogens (tertiary/aromatic N) is 2. The van der Waals surface area contributed by atoms with Gasteiger partial charge in [-0.15, -0.1) is 0 Å². The minimum Gasteiger partial charge on any atom is -0.481 e. The number of carbonyl (C=O) groups excluding carboxylic acids is 3. The summed E-state index contributed by atoms with van der Waals surface area (Å²) in [6.07, 6.45) is -1.32. The summed E-state index contributed by atoms with van der Waals surface area (Å²) in [6, 6.07) is 7.69. The maximum atomic E-state index is 14.3. The van der Waals surface area contributed by atoms with Gasteiger partial charge in [0, 0.05) is 53.9 Å². The summed E-state index contributed by atoms with van der Waals surface area (Å²) >= 11 is 5.80. The molecule has 0 radical (unpaired) electrons. The fraction of sp³-hybridized carbons (Fsp3) is 0.367. The van der Waals surface area contributed by atoms with E-state index in [0.717, 1.165) is 4.90 Å². The van der Waals surface area contributed by atoms with Crippen molar-refractivity contribution in [3.8, 4) is 5.75 Å².